The fraction of sp³-hybridized carbons (Fsp3) is 0. The topological polar surface area (TPSA) is 13.1 Å². The summed E-state index contributed by atoms with van der Waals surface area (Å²) in [6.45, 7) is 0. The van der Waals surface area contributed by atoms with Crippen LogP contribution in [0.1, 0.15) is 0 Å². The molecule has 0 radical (unpaired) electrons. The Kier molecular flexibility index (Phi) is 2.91. The summed E-state index contributed by atoms with van der Waals surface area (Å²) >= 11 is 6.11. The van der Waals surface area contributed by atoms with Crippen LogP contribution in [0.25, 0.3) is 43.8 Å². The van der Waals surface area contributed by atoms with Crippen LogP contribution in [0, 0.1) is 0 Å². The summed E-state index contributed by atoms with van der Waals surface area (Å²) < 4.78 is 6.11. The van der Waals surface area contributed by atoms with Crippen LogP contribution in [0.3, 0.4) is 0 Å². The predicted molar refractivity (Wildman–Crippen MR) is 102 cm³/mol. The van der Waals surface area contributed by atoms with Gasteiger partial charge in [0, 0.05) is 16.0 Å². The van der Waals surface area contributed by atoms with Crippen LogP contribution in [-0.4, -0.2) is 0 Å². The second-order valence-corrected chi connectivity index (χ2v) is 6.42. The number of halogens is 1. The van der Waals surface area contributed by atoms with Crippen molar-refractivity contribution < 1.29 is 4.42 Å². The van der Waals surface area contributed by atoms with Gasteiger partial charge in [-0.15, -0.1) is 0 Å². The van der Waals surface area contributed by atoms with Crippen LogP contribution in [-0.2, 0) is 0 Å². The number of furan rings is 1. The highest BCUT2D eigenvalue weighted by Crippen LogP contribution is 2.37. The van der Waals surface area contributed by atoms with E-state index in [0.717, 1.165) is 27.3 Å². The van der Waals surface area contributed by atoms with Crippen molar-refractivity contribution in [3.63, 3.8) is 0 Å². The second kappa shape index (κ2) is 5.12. The Labute approximate surface area is 144 Å². The van der Waals surface area contributed by atoms with Crippen LogP contribution >= 0.6 is 11.6 Å². The van der Waals surface area contributed by atoms with Gasteiger partial charge in [-0.25, -0.2) is 0 Å². The molecule has 24 heavy (non-hydrogen) atoms. The van der Waals surface area contributed by atoms with Gasteiger partial charge in [-0.3, -0.25) is 0 Å². The van der Waals surface area contributed by atoms with Crippen molar-refractivity contribution in [2.45, 2.75) is 0 Å². The van der Waals surface area contributed by atoms with E-state index in [1.165, 1.54) is 21.5 Å². The molecule has 114 valence electrons. The van der Waals surface area contributed by atoms with Crippen LogP contribution in [0.4, 0.5) is 0 Å². The molecule has 0 fully saturated rings. The monoisotopic (exact) mass is 328 g/mol. The number of benzene rings is 4. The Balaban J connectivity index is 1.89. The molecular weight excluding hydrogens is 316 g/mol. The molecule has 0 aliphatic rings. The lowest BCUT2D eigenvalue weighted by atomic mass is 9.96. The van der Waals surface area contributed by atoms with Crippen LogP contribution in [0.15, 0.2) is 83.3 Å². The first-order valence-electron chi connectivity index (χ1n) is 7.89. The molecule has 0 aliphatic heterocycles. The fourth-order valence-corrected chi connectivity index (χ4v) is 3.59. The molecule has 1 aromatic heterocycles. The van der Waals surface area contributed by atoms with Crippen molar-refractivity contribution in [3.8, 4) is 11.3 Å². The van der Waals surface area contributed by atoms with Crippen molar-refractivity contribution in [2.24, 2.45) is 0 Å². The predicted octanol–water partition coefficient (Wildman–Crippen LogP) is 7.06. The van der Waals surface area contributed by atoms with Gasteiger partial charge in [0.2, 0.25) is 0 Å². The van der Waals surface area contributed by atoms with E-state index in [1.54, 1.807) is 0 Å². The first-order chi connectivity index (χ1) is 11.8. The molecule has 0 spiro atoms. The van der Waals surface area contributed by atoms with Gasteiger partial charge in [0.05, 0.1) is 0 Å². The Bertz CT molecular complexity index is 1220. The third-order valence-electron chi connectivity index (χ3n) is 4.51. The molecule has 1 heterocycles. The van der Waals surface area contributed by atoms with Crippen molar-refractivity contribution in [2.75, 3.05) is 0 Å². The van der Waals surface area contributed by atoms with E-state index in [0.29, 0.717) is 0 Å². The molecule has 5 rings (SSSR count). The van der Waals surface area contributed by atoms with Crippen molar-refractivity contribution in [1.82, 2.24) is 0 Å². The summed E-state index contributed by atoms with van der Waals surface area (Å²) in [6, 6.07) is 26.9. The van der Waals surface area contributed by atoms with E-state index < -0.39 is 0 Å². The molecule has 0 saturated heterocycles. The summed E-state index contributed by atoms with van der Waals surface area (Å²) in [5.74, 6) is 0.870. The first-order valence-corrected chi connectivity index (χ1v) is 8.27. The minimum absolute atomic E-state index is 0.721. The molecule has 0 unspecified atom stereocenters. The highest BCUT2D eigenvalue weighted by Gasteiger charge is 2.12. The summed E-state index contributed by atoms with van der Waals surface area (Å²) in [4.78, 5) is 0. The van der Waals surface area contributed by atoms with Gasteiger partial charge in [0.15, 0.2) is 0 Å². The number of fused-ring (bicyclic) bond motifs is 4. The molecule has 2 heteroatoms. The van der Waals surface area contributed by atoms with Gasteiger partial charge in [-0.05, 0) is 51.9 Å². The highest BCUT2D eigenvalue weighted by atomic mass is 35.5. The Morgan fingerprint density at radius 3 is 2.25 bits per heavy atom. The van der Waals surface area contributed by atoms with E-state index in [2.05, 4.69) is 60.7 Å². The molecule has 0 bridgehead atoms. The third-order valence-corrected chi connectivity index (χ3v) is 4.75. The zero-order chi connectivity index (χ0) is 16.1. The Morgan fingerprint density at radius 1 is 0.625 bits per heavy atom. The molecular formula is C22H13ClO. The molecule has 1 nitrogen and oxygen atoms in total. The lowest BCUT2D eigenvalue weighted by Crippen LogP contribution is -1.82. The van der Waals surface area contributed by atoms with Gasteiger partial charge in [0.1, 0.15) is 11.3 Å². The van der Waals surface area contributed by atoms with Crippen LogP contribution < -0.4 is 0 Å². The fourth-order valence-electron chi connectivity index (χ4n) is 3.41. The number of hydrogen-bond donors (Lipinski definition) is 0. The van der Waals surface area contributed by atoms with E-state index in [9.17, 15) is 0 Å². The normalized spacial score (nSPS) is 11.5. The summed E-state index contributed by atoms with van der Waals surface area (Å²) in [7, 11) is 0. The third kappa shape index (κ3) is 2.02. The SMILES string of the molecule is Clc1ccc2oc(-c3cc4ccccc4c4ccccc34)cc2c1. The van der Waals surface area contributed by atoms with Crippen LogP contribution in [0.5, 0.6) is 0 Å². The first kappa shape index (κ1) is 13.6. The maximum atomic E-state index is 6.11. The van der Waals surface area contributed by atoms with E-state index in [1.807, 2.05) is 18.2 Å². The lowest BCUT2D eigenvalue weighted by molar-refractivity contribution is 0.632. The number of rotatable bonds is 1. The van der Waals surface area contributed by atoms with E-state index in [-0.39, 0.29) is 0 Å². The van der Waals surface area contributed by atoms with Crippen molar-refractivity contribution in [1.29, 1.82) is 0 Å². The summed E-state index contributed by atoms with van der Waals surface area (Å²) in [5.41, 5.74) is 1.96. The van der Waals surface area contributed by atoms with E-state index >= 15 is 0 Å². The van der Waals surface area contributed by atoms with Gasteiger partial charge in [-0.2, -0.15) is 0 Å². The minimum atomic E-state index is 0.721. The average molecular weight is 329 g/mol. The zero-order valence-electron chi connectivity index (χ0n) is 12.8. The standard InChI is InChI=1S/C22H13ClO/c23-16-9-10-21-15(11-16)13-22(24-21)20-12-14-5-1-2-6-17(14)18-7-3-4-8-19(18)20/h1-13H. The van der Waals surface area contributed by atoms with Gasteiger partial charge >= 0.3 is 0 Å². The highest BCUT2D eigenvalue weighted by molar-refractivity contribution is 6.31. The van der Waals surface area contributed by atoms with Crippen molar-refractivity contribution >= 4 is 44.1 Å². The zero-order valence-corrected chi connectivity index (χ0v) is 13.5. The second-order valence-electron chi connectivity index (χ2n) is 5.98. The quantitative estimate of drug-likeness (QED) is 0.300. The lowest BCUT2D eigenvalue weighted by Gasteiger charge is -2.08. The minimum Gasteiger partial charge on any atom is -0.456 e. The molecule has 0 N–H and O–H groups in total. The Hall–Kier alpha value is -2.77. The van der Waals surface area contributed by atoms with Crippen molar-refractivity contribution in [3.05, 3.63) is 83.9 Å². The largest absolute Gasteiger partial charge is 0.456 e. The van der Waals surface area contributed by atoms with Gasteiger partial charge in [0.25, 0.3) is 0 Å². The van der Waals surface area contributed by atoms with Gasteiger partial charge < -0.3 is 4.42 Å². The van der Waals surface area contributed by atoms with E-state index in [4.69, 9.17) is 16.0 Å². The maximum Gasteiger partial charge on any atom is 0.136 e. The summed E-state index contributed by atoms with van der Waals surface area (Å²) in [6.07, 6.45) is 0. The average Bonchev–Trinajstić information content (AvgIpc) is 3.04. The molecule has 4 aromatic carbocycles. The molecule has 5 aromatic rings. The van der Waals surface area contributed by atoms with Crippen LogP contribution in [0.2, 0.25) is 5.02 Å². The summed E-state index contributed by atoms with van der Waals surface area (Å²) in [5, 5.41) is 6.65. The smallest absolute Gasteiger partial charge is 0.136 e. The number of hydrogen-bond acceptors (Lipinski definition) is 1. The Morgan fingerprint density at radius 2 is 1.38 bits per heavy atom. The maximum absolute atomic E-state index is 6.11. The molecule has 0 saturated carbocycles. The molecule has 0 atom stereocenters. The molecule has 0 amide bonds. The van der Waals surface area contributed by atoms with Gasteiger partial charge in [-0.1, -0.05) is 60.1 Å². The molecule has 0 aliphatic carbocycles.